The Bertz CT molecular complexity index is 133. The molecule has 3 heteroatoms. The number of aliphatic hydroxyl groups excluding tert-OH is 1. The van der Waals surface area contributed by atoms with E-state index in [0.29, 0.717) is 18.3 Å². The van der Waals surface area contributed by atoms with Crippen molar-refractivity contribution in [3.63, 3.8) is 0 Å². The lowest BCUT2D eigenvalue weighted by atomic mass is 10.2. The molecular formula is C7H12O3. The Morgan fingerprint density at radius 2 is 2.40 bits per heavy atom. The Kier molecular flexibility index (Phi) is 2.27. The van der Waals surface area contributed by atoms with Crippen LogP contribution in [-0.4, -0.2) is 24.8 Å². The van der Waals surface area contributed by atoms with Crippen molar-refractivity contribution in [3.8, 4) is 0 Å². The molecule has 0 aliphatic heterocycles. The topological polar surface area (TPSA) is 46.5 Å². The molecule has 10 heavy (non-hydrogen) atoms. The van der Waals surface area contributed by atoms with Crippen molar-refractivity contribution in [2.24, 2.45) is 11.8 Å². The average Bonchev–Trinajstić information content (AvgIpc) is 2.67. The van der Waals surface area contributed by atoms with Crippen LogP contribution in [0.3, 0.4) is 0 Å². The van der Waals surface area contributed by atoms with Gasteiger partial charge >= 0.3 is 5.97 Å². The van der Waals surface area contributed by atoms with Gasteiger partial charge in [-0.25, -0.2) is 0 Å². The van der Waals surface area contributed by atoms with E-state index in [1.807, 2.05) is 0 Å². The van der Waals surface area contributed by atoms with Gasteiger partial charge in [0, 0.05) is 13.0 Å². The monoisotopic (exact) mass is 144 g/mol. The van der Waals surface area contributed by atoms with Gasteiger partial charge in [-0.3, -0.25) is 4.79 Å². The lowest BCUT2D eigenvalue weighted by molar-refractivity contribution is -0.141. The molecule has 3 nitrogen and oxygen atoms in total. The third kappa shape index (κ3) is 1.70. The zero-order chi connectivity index (χ0) is 7.56. The van der Waals surface area contributed by atoms with Crippen LogP contribution in [0.5, 0.6) is 0 Å². The van der Waals surface area contributed by atoms with Crippen LogP contribution in [0.25, 0.3) is 0 Å². The summed E-state index contributed by atoms with van der Waals surface area (Å²) >= 11 is 0. The summed E-state index contributed by atoms with van der Waals surface area (Å²) in [6, 6.07) is 0. The third-order valence-corrected chi connectivity index (χ3v) is 1.96. The minimum Gasteiger partial charge on any atom is -0.469 e. The molecule has 1 aliphatic rings. The fourth-order valence-corrected chi connectivity index (χ4v) is 1.08. The molecule has 0 heterocycles. The van der Waals surface area contributed by atoms with Crippen LogP contribution in [0.2, 0.25) is 0 Å². The molecule has 0 saturated heterocycles. The van der Waals surface area contributed by atoms with Crippen LogP contribution >= 0.6 is 0 Å². The van der Waals surface area contributed by atoms with E-state index in [-0.39, 0.29) is 12.6 Å². The lowest BCUT2D eigenvalue weighted by Crippen LogP contribution is -2.02. The second-order valence-corrected chi connectivity index (χ2v) is 2.72. The first-order valence-electron chi connectivity index (χ1n) is 3.45. The largest absolute Gasteiger partial charge is 0.469 e. The number of carbonyl (C=O) groups excluding carboxylic acids is 1. The van der Waals surface area contributed by atoms with Gasteiger partial charge < -0.3 is 9.84 Å². The standard InChI is InChI=1S/C7H12O3/c1-10-7(9)3-5-2-6(5)4-8/h5-6,8H,2-4H2,1H3/t5-,6-/m1/s1. The summed E-state index contributed by atoms with van der Waals surface area (Å²) in [4.78, 5) is 10.6. The van der Waals surface area contributed by atoms with E-state index in [1.54, 1.807) is 0 Å². The SMILES string of the molecule is COC(=O)C[C@H]1C[C@@H]1CO. The number of esters is 1. The van der Waals surface area contributed by atoms with Crippen LogP contribution in [0.4, 0.5) is 0 Å². The summed E-state index contributed by atoms with van der Waals surface area (Å²) in [6.07, 6.45) is 1.45. The maximum Gasteiger partial charge on any atom is 0.305 e. The van der Waals surface area contributed by atoms with E-state index in [0.717, 1.165) is 6.42 Å². The van der Waals surface area contributed by atoms with Gasteiger partial charge in [-0.15, -0.1) is 0 Å². The van der Waals surface area contributed by atoms with Gasteiger partial charge in [-0.2, -0.15) is 0 Å². The van der Waals surface area contributed by atoms with Gasteiger partial charge in [-0.1, -0.05) is 0 Å². The zero-order valence-electron chi connectivity index (χ0n) is 6.04. The van der Waals surface area contributed by atoms with E-state index in [2.05, 4.69) is 4.74 Å². The highest BCUT2D eigenvalue weighted by atomic mass is 16.5. The average molecular weight is 144 g/mol. The van der Waals surface area contributed by atoms with E-state index in [4.69, 9.17) is 5.11 Å². The van der Waals surface area contributed by atoms with E-state index in [1.165, 1.54) is 7.11 Å². The van der Waals surface area contributed by atoms with Crippen LogP contribution in [0.15, 0.2) is 0 Å². The highest BCUT2D eigenvalue weighted by molar-refractivity contribution is 5.69. The van der Waals surface area contributed by atoms with Crippen molar-refractivity contribution in [1.82, 2.24) is 0 Å². The smallest absolute Gasteiger partial charge is 0.305 e. The lowest BCUT2D eigenvalue weighted by Gasteiger charge is -1.95. The number of methoxy groups -OCH3 is 1. The zero-order valence-corrected chi connectivity index (χ0v) is 6.04. The minimum atomic E-state index is -0.166. The first-order valence-corrected chi connectivity index (χ1v) is 3.45. The van der Waals surface area contributed by atoms with Crippen LogP contribution in [0, 0.1) is 11.8 Å². The van der Waals surface area contributed by atoms with E-state index >= 15 is 0 Å². The summed E-state index contributed by atoms with van der Waals surface area (Å²) in [7, 11) is 1.39. The molecule has 1 N–H and O–H groups in total. The molecule has 1 aliphatic carbocycles. The predicted molar refractivity (Wildman–Crippen MR) is 35.3 cm³/mol. The Morgan fingerprint density at radius 1 is 1.70 bits per heavy atom. The van der Waals surface area contributed by atoms with Gasteiger partial charge in [0.05, 0.1) is 7.11 Å². The van der Waals surface area contributed by atoms with Gasteiger partial charge in [0.1, 0.15) is 0 Å². The van der Waals surface area contributed by atoms with Gasteiger partial charge in [0.15, 0.2) is 0 Å². The number of rotatable bonds is 3. The molecule has 1 fully saturated rings. The van der Waals surface area contributed by atoms with Crippen molar-refractivity contribution in [2.75, 3.05) is 13.7 Å². The molecule has 58 valence electrons. The van der Waals surface area contributed by atoms with Crippen LogP contribution in [-0.2, 0) is 9.53 Å². The molecular weight excluding hydrogens is 132 g/mol. The second-order valence-electron chi connectivity index (χ2n) is 2.72. The minimum absolute atomic E-state index is 0.166. The molecule has 0 amide bonds. The number of ether oxygens (including phenoxy) is 1. The Balaban J connectivity index is 2.11. The van der Waals surface area contributed by atoms with Crippen molar-refractivity contribution in [1.29, 1.82) is 0 Å². The highest BCUT2D eigenvalue weighted by Gasteiger charge is 2.37. The Morgan fingerprint density at radius 3 is 2.80 bits per heavy atom. The fourth-order valence-electron chi connectivity index (χ4n) is 1.08. The molecule has 0 spiro atoms. The van der Waals surface area contributed by atoms with Gasteiger partial charge in [0.2, 0.25) is 0 Å². The number of hydrogen-bond acceptors (Lipinski definition) is 3. The molecule has 0 aromatic rings. The van der Waals surface area contributed by atoms with E-state index in [9.17, 15) is 4.79 Å². The number of hydrogen-bond donors (Lipinski definition) is 1. The molecule has 2 atom stereocenters. The summed E-state index contributed by atoms with van der Waals surface area (Å²) in [5.74, 6) is 0.581. The van der Waals surface area contributed by atoms with Crippen molar-refractivity contribution in [3.05, 3.63) is 0 Å². The van der Waals surface area contributed by atoms with Crippen LogP contribution < -0.4 is 0 Å². The van der Waals surface area contributed by atoms with Crippen molar-refractivity contribution in [2.45, 2.75) is 12.8 Å². The molecule has 0 aromatic carbocycles. The van der Waals surface area contributed by atoms with Crippen molar-refractivity contribution < 1.29 is 14.6 Å². The van der Waals surface area contributed by atoms with Gasteiger partial charge in [0.25, 0.3) is 0 Å². The quantitative estimate of drug-likeness (QED) is 0.575. The maximum atomic E-state index is 10.6. The first kappa shape index (κ1) is 7.54. The fraction of sp³-hybridized carbons (Fsp3) is 0.857. The first-order chi connectivity index (χ1) is 4.77. The summed E-state index contributed by atoms with van der Waals surface area (Å²) in [5, 5.41) is 8.61. The summed E-state index contributed by atoms with van der Waals surface area (Å²) in [6.45, 7) is 0.210. The van der Waals surface area contributed by atoms with E-state index < -0.39 is 0 Å². The van der Waals surface area contributed by atoms with Gasteiger partial charge in [-0.05, 0) is 18.3 Å². The summed E-state index contributed by atoms with van der Waals surface area (Å²) in [5.41, 5.74) is 0. The Labute approximate surface area is 60.0 Å². The second kappa shape index (κ2) is 3.01. The maximum absolute atomic E-state index is 10.6. The molecule has 0 bridgehead atoms. The molecule has 0 radical (unpaired) electrons. The molecule has 1 saturated carbocycles. The Hall–Kier alpha value is -0.570. The highest BCUT2D eigenvalue weighted by Crippen LogP contribution is 2.40. The number of carbonyl (C=O) groups is 1. The normalized spacial score (nSPS) is 29.8. The van der Waals surface area contributed by atoms with Crippen LogP contribution in [0.1, 0.15) is 12.8 Å². The summed E-state index contributed by atoms with van der Waals surface area (Å²) < 4.78 is 4.47. The molecule has 0 aromatic heterocycles. The molecule has 0 unspecified atom stereocenters. The predicted octanol–water partition coefficient (Wildman–Crippen LogP) is 0.178. The molecule has 1 rings (SSSR count). The third-order valence-electron chi connectivity index (χ3n) is 1.96. The number of aliphatic hydroxyl groups is 1. The van der Waals surface area contributed by atoms with Crippen molar-refractivity contribution >= 4 is 5.97 Å².